The third-order valence-electron chi connectivity index (χ3n) is 3.76. The zero-order chi connectivity index (χ0) is 9.90. The van der Waals surface area contributed by atoms with Crippen LogP contribution in [-0.2, 0) is 4.79 Å². The van der Waals surface area contributed by atoms with Gasteiger partial charge in [-0.2, -0.15) is 0 Å². The monoisotopic (exact) mass is 184 g/mol. The van der Waals surface area contributed by atoms with Gasteiger partial charge in [-0.1, -0.05) is 33.1 Å². The number of carbonyl (C=O) groups is 1. The molecule has 1 rings (SSSR count). The first kappa shape index (κ1) is 10.6. The van der Waals surface area contributed by atoms with Crippen LogP contribution in [0.5, 0.6) is 0 Å². The fraction of sp³-hybridized carbons (Fsp3) is 0.909. The van der Waals surface area contributed by atoms with E-state index in [-0.39, 0.29) is 0 Å². The highest BCUT2D eigenvalue weighted by molar-refractivity contribution is 5.75. The molecule has 0 aromatic heterocycles. The lowest BCUT2D eigenvalue weighted by molar-refractivity contribution is -0.153. The molecule has 13 heavy (non-hydrogen) atoms. The quantitative estimate of drug-likeness (QED) is 0.670. The third-order valence-corrected chi connectivity index (χ3v) is 3.76. The summed E-state index contributed by atoms with van der Waals surface area (Å²) in [6.07, 6.45) is 6.24. The largest absolute Gasteiger partial charge is 0.481 e. The SMILES string of the molecule is CCC1(C(=O)O)CCCCCC1C. The van der Waals surface area contributed by atoms with E-state index in [2.05, 4.69) is 6.92 Å². The van der Waals surface area contributed by atoms with Gasteiger partial charge in [-0.15, -0.1) is 0 Å². The van der Waals surface area contributed by atoms with Crippen molar-refractivity contribution in [3.05, 3.63) is 0 Å². The van der Waals surface area contributed by atoms with Crippen molar-refractivity contribution in [3.8, 4) is 0 Å². The normalized spacial score (nSPS) is 35.4. The Labute approximate surface area is 80.3 Å². The Kier molecular flexibility index (Phi) is 3.34. The number of carboxylic acid groups (broad SMARTS) is 1. The average Bonchev–Trinajstić information content (AvgIpc) is 2.27. The van der Waals surface area contributed by atoms with Crippen LogP contribution in [0.25, 0.3) is 0 Å². The van der Waals surface area contributed by atoms with E-state index < -0.39 is 11.4 Å². The minimum absolute atomic E-state index is 0.345. The van der Waals surface area contributed by atoms with Crippen LogP contribution < -0.4 is 0 Å². The highest BCUT2D eigenvalue weighted by atomic mass is 16.4. The minimum Gasteiger partial charge on any atom is -0.481 e. The van der Waals surface area contributed by atoms with E-state index >= 15 is 0 Å². The lowest BCUT2D eigenvalue weighted by Crippen LogP contribution is -2.36. The molecular weight excluding hydrogens is 164 g/mol. The van der Waals surface area contributed by atoms with Gasteiger partial charge >= 0.3 is 5.97 Å². The summed E-state index contributed by atoms with van der Waals surface area (Å²) < 4.78 is 0. The Morgan fingerprint density at radius 3 is 2.69 bits per heavy atom. The number of hydrogen-bond acceptors (Lipinski definition) is 1. The predicted molar refractivity (Wildman–Crippen MR) is 52.6 cm³/mol. The van der Waals surface area contributed by atoms with Gasteiger partial charge in [0.25, 0.3) is 0 Å². The van der Waals surface area contributed by atoms with Gasteiger partial charge in [0.05, 0.1) is 5.41 Å². The van der Waals surface area contributed by atoms with Crippen molar-refractivity contribution >= 4 is 5.97 Å². The smallest absolute Gasteiger partial charge is 0.309 e. The standard InChI is InChI=1S/C11H20O2/c1-3-11(10(12)13)8-6-4-5-7-9(11)2/h9H,3-8H2,1-2H3,(H,12,13). The maximum Gasteiger partial charge on any atom is 0.309 e. The van der Waals surface area contributed by atoms with Crippen molar-refractivity contribution in [1.82, 2.24) is 0 Å². The Morgan fingerprint density at radius 2 is 2.15 bits per heavy atom. The lowest BCUT2D eigenvalue weighted by atomic mass is 9.71. The molecule has 1 N–H and O–H groups in total. The third kappa shape index (κ3) is 1.87. The van der Waals surface area contributed by atoms with E-state index in [1.807, 2.05) is 6.92 Å². The maximum atomic E-state index is 11.3. The fourth-order valence-electron chi connectivity index (χ4n) is 2.58. The maximum absolute atomic E-state index is 11.3. The van der Waals surface area contributed by atoms with E-state index in [4.69, 9.17) is 0 Å². The first-order valence-electron chi connectivity index (χ1n) is 5.37. The summed E-state index contributed by atoms with van der Waals surface area (Å²) in [6.45, 7) is 4.11. The molecule has 0 aliphatic heterocycles. The van der Waals surface area contributed by atoms with E-state index in [1.54, 1.807) is 0 Å². The van der Waals surface area contributed by atoms with Gasteiger partial charge in [-0.25, -0.2) is 0 Å². The van der Waals surface area contributed by atoms with Crippen LogP contribution in [-0.4, -0.2) is 11.1 Å². The molecular formula is C11H20O2. The number of hydrogen-bond donors (Lipinski definition) is 1. The lowest BCUT2D eigenvalue weighted by Gasteiger charge is -2.32. The number of aliphatic carboxylic acids is 1. The molecule has 2 nitrogen and oxygen atoms in total. The van der Waals surface area contributed by atoms with Gasteiger partial charge in [0, 0.05) is 0 Å². The predicted octanol–water partition coefficient (Wildman–Crippen LogP) is 3.07. The van der Waals surface area contributed by atoms with Crippen LogP contribution in [0.2, 0.25) is 0 Å². The molecule has 76 valence electrons. The topological polar surface area (TPSA) is 37.3 Å². The van der Waals surface area contributed by atoms with E-state index in [0.717, 1.165) is 25.7 Å². The molecule has 1 aliphatic carbocycles. The van der Waals surface area contributed by atoms with Crippen LogP contribution in [0.15, 0.2) is 0 Å². The minimum atomic E-state index is -0.579. The van der Waals surface area contributed by atoms with Crippen LogP contribution in [0, 0.1) is 11.3 Å². The molecule has 2 unspecified atom stereocenters. The molecule has 0 heterocycles. The Balaban J connectivity index is 2.84. The molecule has 1 saturated carbocycles. The zero-order valence-corrected chi connectivity index (χ0v) is 8.68. The summed E-state index contributed by atoms with van der Waals surface area (Å²) in [7, 11) is 0. The van der Waals surface area contributed by atoms with Gasteiger partial charge in [-0.3, -0.25) is 4.79 Å². The second kappa shape index (κ2) is 4.12. The summed E-state index contributed by atoms with van der Waals surface area (Å²) in [4.78, 5) is 11.3. The molecule has 0 saturated heterocycles. The molecule has 0 aromatic carbocycles. The molecule has 0 spiro atoms. The van der Waals surface area contributed by atoms with Gasteiger partial charge in [-0.05, 0) is 25.2 Å². The highest BCUT2D eigenvalue weighted by Gasteiger charge is 2.42. The van der Waals surface area contributed by atoms with Crippen molar-refractivity contribution in [2.24, 2.45) is 11.3 Å². The van der Waals surface area contributed by atoms with Gasteiger partial charge in [0.15, 0.2) is 0 Å². The first-order chi connectivity index (χ1) is 6.13. The molecule has 0 aromatic rings. The van der Waals surface area contributed by atoms with Crippen molar-refractivity contribution in [2.75, 3.05) is 0 Å². The van der Waals surface area contributed by atoms with Crippen LogP contribution in [0.4, 0.5) is 0 Å². The van der Waals surface area contributed by atoms with Gasteiger partial charge in [0.1, 0.15) is 0 Å². The summed E-state index contributed by atoms with van der Waals surface area (Å²) >= 11 is 0. The van der Waals surface area contributed by atoms with Crippen molar-refractivity contribution < 1.29 is 9.90 Å². The van der Waals surface area contributed by atoms with Gasteiger partial charge < -0.3 is 5.11 Å². The molecule has 0 bridgehead atoms. The van der Waals surface area contributed by atoms with Crippen molar-refractivity contribution in [2.45, 2.75) is 52.4 Å². The van der Waals surface area contributed by atoms with E-state index in [9.17, 15) is 9.90 Å². The fourth-order valence-corrected chi connectivity index (χ4v) is 2.58. The van der Waals surface area contributed by atoms with E-state index in [1.165, 1.54) is 12.8 Å². The second-order valence-corrected chi connectivity index (χ2v) is 4.32. The Hall–Kier alpha value is -0.530. The summed E-state index contributed by atoms with van der Waals surface area (Å²) in [5.74, 6) is -0.234. The number of carboxylic acids is 1. The molecule has 0 amide bonds. The highest BCUT2D eigenvalue weighted by Crippen LogP contribution is 2.42. The van der Waals surface area contributed by atoms with Crippen LogP contribution >= 0.6 is 0 Å². The molecule has 1 fully saturated rings. The van der Waals surface area contributed by atoms with Gasteiger partial charge in [0.2, 0.25) is 0 Å². The van der Waals surface area contributed by atoms with Crippen molar-refractivity contribution in [1.29, 1.82) is 0 Å². The molecule has 0 radical (unpaired) electrons. The Bertz CT molecular complexity index is 189. The average molecular weight is 184 g/mol. The summed E-state index contributed by atoms with van der Waals surface area (Å²) in [6, 6.07) is 0. The first-order valence-corrected chi connectivity index (χ1v) is 5.37. The second-order valence-electron chi connectivity index (χ2n) is 4.32. The zero-order valence-electron chi connectivity index (χ0n) is 8.68. The van der Waals surface area contributed by atoms with E-state index in [0.29, 0.717) is 5.92 Å². The molecule has 2 heteroatoms. The van der Waals surface area contributed by atoms with Crippen molar-refractivity contribution in [3.63, 3.8) is 0 Å². The number of rotatable bonds is 2. The molecule has 1 aliphatic rings. The summed E-state index contributed by atoms with van der Waals surface area (Å²) in [5.41, 5.74) is -0.420. The summed E-state index contributed by atoms with van der Waals surface area (Å²) in [5, 5.41) is 9.28. The van der Waals surface area contributed by atoms with Crippen LogP contribution in [0.3, 0.4) is 0 Å². The molecule has 2 atom stereocenters. The van der Waals surface area contributed by atoms with Crippen LogP contribution in [0.1, 0.15) is 52.4 Å². The Morgan fingerprint density at radius 1 is 1.46 bits per heavy atom.